The van der Waals surface area contributed by atoms with Crippen molar-refractivity contribution in [1.82, 2.24) is 9.78 Å². The Morgan fingerprint density at radius 1 is 1.71 bits per heavy atom. The van der Waals surface area contributed by atoms with E-state index in [9.17, 15) is 5.11 Å². The van der Waals surface area contributed by atoms with Crippen LogP contribution in [0.15, 0.2) is 12.3 Å². The Bertz CT molecular complexity index is 311. The van der Waals surface area contributed by atoms with Crippen LogP contribution in [0.3, 0.4) is 0 Å². The van der Waals surface area contributed by atoms with E-state index in [2.05, 4.69) is 5.10 Å². The van der Waals surface area contributed by atoms with Gasteiger partial charge in [-0.1, -0.05) is 0 Å². The Hall–Kier alpha value is -0.870. The highest BCUT2D eigenvalue weighted by molar-refractivity contribution is 5.06. The second kappa shape index (κ2) is 3.71. The van der Waals surface area contributed by atoms with Crippen LogP contribution in [0.5, 0.6) is 0 Å². The number of hydrogen-bond acceptors (Lipinski definition) is 3. The third kappa shape index (κ3) is 1.55. The van der Waals surface area contributed by atoms with E-state index < -0.39 is 6.10 Å². The molecule has 1 aromatic heterocycles. The zero-order valence-corrected chi connectivity index (χ0v) is 8.55. The average molecular weight is 196 g/mol. The Balaban J connectivity index is 2.15. The van der Waals surface area contributed by atoms with E-state index >= 15 is 0 Å². The summed E-state index contributed by atoms with van der Waals surface area (Å²) in [5.74, 6) is 0.199. The lowest BCUT2D eigenvalue weighted by Crippen LogP contribution is -2.21. The highest BCUT2D eigenvalue weighted by atomic mass is 16.5. The summed E-state index contributed by atoms with van der Waals surface area (Å²) >= 11 is 0. The molecule has 2 rings (SSSR count). The minimum atomic E-state index is -0.458. The quantitative estimate of drug-likeness (QED) is 0.763. The fourth-order valence-corrected chi connectivity index (χ4v) is 2.06. The molecular weight excluding hydrogens is 180 g/mol. The van der Waals surface area contributed by atoms with Gasteiger partial charge in [0.1, 0.15) is 6.10 Å². The van der Waals surface area contributed by atoms with Gasteiger partial charge < -0.3 is 9.84 Å². The minimum Gasteiger partial charge on any atom is -0.386 e. The predicted octanol–water partition coefficient (Wildman–Crippen LogP) is 0.879. The predicted molar refractivity (Wildman–Crippen MR) is 51.7 cm³/mol. The number of nitrogens with zero attached hydrogens (tertiary/aromatic N) is 2. The van der Waals surface area contributed by atoms with Gasteiger partial charge in [0, 0.05) is 25.8 Å². The van der Waals surface area contributed by atoms with Crippen LogP contribution in [-0.4, -0.2) is 27.6 Å². The van der Waals surface area contributed by atoms with Gasteiger partial charge in [-0.05, 0) is 19.4 Å². The van der Waals surface area contributed by atoms with Crippen LogP contribution in [-0.2, 0) is 11.8 Å². The van der Waals surface area contributed by atoms with Gasteiger partial charge in [0.15, 0.2) is 0 Å². The van der Waals surface area contributed by atoms with E-state index in [0.717, 1.165) is 18.7 Å². The molecule has 1 aromatic rings. The van der Waals surface area contributed by atoms with Gasteiger partial charge >= 0.3 is 0 Å². The lowest BCUT2D eigenvalue weighted by molar-refractivity contribution is 0.0392. The van der Waals surface area contributed by atoms with Crippen LogP contribution in [0.4, 0.5) is 0 Å². The van der Waals surface area contributed by atoms with Crippen LogP contribution >= 0.6 is 0 Å². The van der Waals surface area contributed by atoms with E-state index in [1.807, 2.05) is 20.0 Å². The second-order valence-electron chi connectivity index (χ2n) is 3.85. The monoisotopic (exact) mass is 196 g/mol. The summed E-state index contributed by atoms with van der Waals surface area (Å²) in [5.41, 5.74) is 0.868. The molecule has 1 saturated heterocycles. The zero-order chi connectivity index (χ0) is 10.1. The summed E-state index contributed by atoms with van der Waals surface area (Å²) in [6, 6.07) is 1.86. The van der Waals surface area contributed by atoms with E-state index in [4.69, 9.17) is 4.74 Å². The van der Waals surface area contributed by atoms with Crippen LogP contribution in [0.25, 0.3) is 0 Å². The van der Waals surface area contributed by atoms with Gasteiger partial charge in [-0.15, -0.1) is 0 Å². The molecule has 1 N–H and O–H groups in total. The van der Waals surface area contributed by atoms with Gasteiger partial charge in [-0.3, -0.25) is 4.68 Å². The summed E-state index contributed by atoms with van der Waals surface area (Å²) in [6.07, 6.45) is 2.31. The number of aliphatic hydroxyl groups excluding tert-OH is 1. The molecule has 0 saturated carbocycles. The molecule has 1 aliphatic rings. The van der Waals surface area contributed by atoms with Crippen molar-refractivity contribution in [3.05, 3.63) is 18.0 Å². The minimum absolute atomic E-state index is 0.139. The molecule has 4 nitrogen and oxygen atoms in total. The molecule has 0 radical (unpaired) electrons. The zero-order valence-electron chi connectivity index (χ0n) is 8.55. The molecule has 1 aliphatic heterocycles. The van der Waals surface area contributed by atoms with E-state index in [0.29, 0.717) is 0 Å². The Labute approximate surface area is 83.5 Å². The highest BCUT2D eigenvalue weighted by Crippen LogP contribution is 2.32. The lowest BCUT2D eigenvalue weighted by atomic mass is 9.94. The first-order valence-corrected chi connectivity index (χ1v) is 4.97. The fourth-order valence-electron chi connectivity index (χ4n) is 2.06. The fraction of sp³-hybridized carbons (Fsp3) is 0.700. The molecule has 0 aliphatic carbocycles. The molecule has 0 aromatic carbocycles. The van der Waals surface area contributed by atoms with Gasteiger partial charge in [0.2, 0.25) is 0 Å². The maximum atomic E-state index is 10.1. The number of aryl methyl sites for hydroxylation is 1. The standard InChI is InChI=1S/C10H16N2O2/c1-7-8(4-6-14-7)10(13)9-3-5-11-12(9)2/h3,5,7-8,10,13H,4,6H2,1-2H3. The number of ether oxygens (including phenoxy) is 1. The van der Waals surface area contributed by atoms with Crippen LogP contribution in [0, 0.1) is 5.92 Å². The number of aromatic nitrogens is 2. The van der Waals surface area contributed by atoms with Gasteiger partial charge in [0.25, 0.3) is 0 Å². The normalized spacial score (nSPS) is 29.4. The number of aliphatic hydroxyl groups is 1. The molecular formula is C10H16N2O2. The van der Waals surface area contributed by atoms with Gasteiger partial charge in [-0.2, -0.15) is 5.10 Å². The number of hydrogen-bond donors (Lipinski definition) is 1. The average Bonchev–Trinajstić information content (AvgIpc) is 2.73. The molecule has 14 heavy (non-hydrogen) atoms. The maximum Gasteiger partial charge on any atom is 0.101 e. The van der Waals surface area contributed by atoms with E-state index in [1.165, 1.54) is 0 Å². The maximum absolute atomic E-state index is 10.1. The summed E-state index contributed by atoms with van der Waals surface area (Å²) in [4.78, 5) is 0. The van der Waals surface area contributed by atoms with Crippen molar-refractivity contribution in [2.24, 2.45) is 13.0 Å². The molecule has 2 heterocycles. The van der Waals surface area contributed by atoms with Crippen molar-refractivity contribution < 1.29 is 9.84 Å². The number of rotatable bonds is 2. The van der Waals surface area contributed by atoms with Crippen LogP contribution in [0.1, 0.15) is 25.1 Å². The molecule has 0 spiro atoms. The van der Waals surface area contributed by atoms with Gasteiger partial charge in [-0.25, -0.2) is 0 Å². The smallest absolute Gasteiger partial charge is 0.101 e. The molecule has 0 bridgehead atoms. The summed E-state index contributed by atoms with van der Waals surface area (Å²) in [6.45, 7) is 2.76. The lowest BCUT2D eigenvalue weighted by Gasteiger charge is -2.20. The first-order chi connectivity index (χ1) is 6.70. The molecule has 4 heteroatoms. The molecule has 78 valence electrons. The summed E-state index contributed by atoms with van der Waals surface area (Å²) in [7, 11) is 1.85. The van der Waals surface area contributed by atoms with Crippen LogP contribution in [0.2, 0.25) is 0 Å². The SMILES string of the molecule is CC1OCCC1C(O)c1ccnn1C. The molecule has 3 atom stereocenters. The Morgan fingerprint density at radius 2 is 2.50 bits per heavy atom. The van der Waals surface area contributed by atoms with Crippen molar-refractivity contribution in [2.45, 2.75) is 25.6 Å². The second-order valence-corrected chi connectivity index (χ2v) is 3.85. The largest absolute Gasteiger partial charge is 0.386 e. The highest BCUT2D eigenvalue weighted by Gasteiger charge is 2.32. The Morgan fingerprint density at radius 3 is 3.00 bits per heavy atom. The van der Waals surface area contributed by atoms with E-state index in [1.54, 1.807) is 10.9 Å². The van der Waals surface area contributed by atoms with Crippen molar-refractivity contribution in [1.29, 1.82) is 0 Å². The van der Waals surface area contributed by atoms with E-state index in [-0.39, 0.29) is 12.0 Å². The third-order valence-corrected chi connectivity index (χ3v) is 3.00. The molecule has 0 amide bonds. The van der Waals surface area contributed by atoms with Crippen molar-refractivity contribution >= 4 is 0 Å². The van der Waals surface area contributed by atoms with Crippen molar-refractivity contribution in [2.75, 3.05) is 6.61 Å². The third-order valence-electron chi connectivity index (χ3n) is 3.00. The van der Waals surface area contributed by atoms with Crippen molar-refractivity contribution in [3.8, 4) is 0 Å². The first-order valence-electron chi connectivity index (χ1n) is 4.97. The summed E-state index contributed by atoms with van der Waals surface area (Å²) in [5, 5.41) is 14.2. The van der Waals surface area contributed by atoms with Crippen LogP contribution < -0.4 is 0 Å². The first kappa shape index (κ1) is 9.68. The molecule has 1 fully saturated rings. The topological polar surface area (TPSA) is 47.3 Å². The summed E-state index contributed by atoms with van der Waals surface area (Å²) < 4.78 is 7.15. The van der Waals surface area contributed by atoms with Crippen molar-refractivity contribution in [3.63, 3.8) is 0 Å². The molecule has 3 unspecified atom stereocenters. The van der Waals surface area contributed by atoms with Gasteiger partial charge in [0.05, 0.1) is 11.8 Å². The Kier molecular flexibility index (Phi) is 2.56.